The van der Waals surface area contributed by atoms with Gasteiger partial charge in [-0.05, 0) is 63.6 Å². The first-order valence-electron chi connectivity index (χ1n) is 11.0. The van der Waals surface area contributed by atoms with E-state index in [4.69, 9.17) is 4.74 Å². The van der Waals surface area contributed by atoms with Gasteiger partial charge in [-0.25, -0.2) is 4.39 Å². The molecule has 32 heavy (non-hydrogen) atoms. The van der Waals surface area contributed by atoms with Crippen LogP contribution in [0.3, 0.4) is 0 Å². The number of carbonyl (C=O) groups is 2. The van der Waals surface area contributed by atoms with Crippen molar-refractivity contribution in [3.8, 4) is 5.75 Å². The first kappa shape index (κ1) is 23.7. The smallest absolute Gasteiger partial charge is 0.260 e. The van der Waals surface area contributed by atoms with Crippen LogP contribution in [-0.4, -0.2) is 53.3 Å². The predicted octanol–water partition coefficient (Wildman–Crippen LogP) is 4.56. The number of halogens is 1. The molecule has 3 rings (SSSR count). The van der Waals surface area contributed by atoms with Gasteiger partial charge in [-0.15, -0.1) is 0 Å². The van der Waals surface area contributed by atoms with E-state index in [0.29, 0.717) is 17.9 Å². The molecule has 5 nitrogen and oxygen atoms in total. The van der Waals surface area contributed by atoms with Crippen molar-refractivity contribution >= 4 is 17.8 Å². The van der Waals surface area contributed by atoms with Gasteiger partial charge < -0.3 is 9.64 Å². The number of Topliss-reactive ketones (excluding diaryl/α,β-unsaturated/α-hetero) is 1. The summed E-state index contributed by atoms with van der Waals surface area (Å²) < 4.78 is 19.0. The zero-order valence-electron chi connectivity index (χ0n) is 19.2. The lowest BCUT2D eigenvalue weighted by Crippen LogP contribution is -2.58. The Bertz CT molecular complexity index is 987. The van der Waals surface area contributed by atoms with Gasteiger partial charge in [0.15, 0.2) is 12.4 Å². The Morgan fingerprint density at radius 1 is 1.09 bits per heavy atom. The minimum Gasteiger partial charge on any atom is -0.483 e. The summed E-state index contributed by atoms with van der Waals surface area (Å²) in [6.07, 6.45) is 3.74. The highest BCUT2D eigenvalue weighted by Gasteiger charge is 2.32. The lowest BCUT2D eigenvalue weighted by molar-refractivity contribution is -0.139. The topological polar surface area (TPSA) is 49.9 Å². The number of ketones is 1. The molecule has 0 bridgehead atoms. The van der Waals surface area contributed by atoms with Gasteiger partial charge in [-0.3, -0.25) is 14.5 Å². The van der Waals surface area contributed by atoms with Crippen molar-refractivity contribution in [3.63, 3.8) is 0 Å². The third-order valence-corrected chi connectivity index (χ3v) is 5.85. The molecule has 6 heteroatoms. The molecular formula is C26H31FN2O3. The van der Waals surface area contributed by atoms with Gasteiger partial charge in [0.25, 0.3) is 5.91 Å². The van der Waals surface area contributed by atoms with Gasteiger partial charge in [0, 0.05) is 42.8 Å². The van der Waals surface area contributed by atoms with Crippen molar-refractivity contribution in [1.29, 1.82) is 0 Å². The molecule has 0 saturated carbocycles. The second kappa shape index (κ2) is 10.6. The fourth-order valence-corrected chi connectivity index (χ4v) is 4.02. The van der Waals surface area contributed by atoms with Crippen molar-refractivity contribution in [2.24, 2.45) is 0 Å². The summed E-state index contributed by atoms with van der Waals surface area (Å²) in [4.78, 5) is 28.8. The zero-order valence-corrected chi connectivity index (χ0v) is 19.2. The van der Waals surface area contributed by atoms with Crippen LogP contribution < -0.4 is 4.74 Å². The summed E-state index contributed by atoms with van der Waals surface area (Å²) in [7, 11) is 0. The summed E-state index contributed by atoms with van der Waals surface area (Å²) in [5.74, 6) is 0.267. The first-order valence-corrected chi connectivity index (χ1v) is 11.0. The Hall–Kier alpha value is -2.99. The van der Waals surface area contributed by atoms with E-state index >= 15 is 0 Å². The van der Waals surface area contributed by atoms with Crippen LogP contribution in [0.1, 0.15) is 49.2 Å². The van der Waals surface area contributed by atoms with Gasteiger partial charge in [-0.1, -0.05) is 24.3 Å². The summed E-state index contributed by atoms with van der Waals surface area (Å²) in [6.45, 7) is 9.56. The maximum Gasteiger partial charge on any atom is 0.260 e. The summed E-state index contributed by atoms with van der Waals surface area (Å²) in [5, 5.41) is 0. The monoisotopic (exact) mass is 438 g/mol. The third-order valence-electron chi connectivity index (χ3n) is 5.85. The van der Waals surface area contributed by atoms with Gasteiger partial charge in [0.1, 0.15) is 11.6 Å². The fraction of sp³-hybridized carbons (Fsp3) is 0.385. The van der Waals surface area contributed by atoms with Crippen molar-refractivity contribution in [3.05, 3.63) is 71.0 Å². The molecule has 1 saturated heterocycles. The van der Waals surface area contributed by atoms with Gasteiger partial charge >= 0.3 is 0 Å². The molecule has 1 fully saturated rings. The van der Waals surface area contributed by atoms with Gasteiger partial charge in [-0.2, -0.15) is 0 Å². The van der Waals surface area contributed by atoms with Gasteiger partial charge in [0.05, 0.1) is 0 Å². The predicted molar refractivity (Wildman–Crippen MR) is 124 cm³/mol. The van der Waals surface area contributed by atoms with Crippen molar-refractivity contribution in [2.75, 3.05) is 19.7 Å². The van der Waals surface area contributed by atoms with E-state index in [1.165, 1.54) is 19.1 Å². The average molecular weight is 439 g/mol. The second-order valence-electron chi connectivity index (χ2n) is 8.40. The Morgan fingerprint density at radius 3 is 2.47 bits per heavy atom. The highest BCUT2D eigenvalue weighted by atomic mass is 19.1. The zero-order chi connectivity index (χ0) is 23.3. The average Bonchev–Trinajstić information content (AvgIpc) is 2.76. The third kappa shape index (κ3) is 5.82. The minimum atomic E-state index is -0.237. The Balaban J connectivity index is 1.61. The lowest BCUT2D eigenvalue weighted by atomic mass is 10.1. The molecule has 1 heterocycles. The van der Waals surface area contributed by atoms with E-state index in [-0.39, 0.29) is 36.2 Å². The number of rotatable bonds is 7. The number of carbonyl (C=O) groups excluding carboxylic acids is 2. The molecule has 2 unspecified atom stereocenters. The summed E-state index contributed by atoms with van der Waals surface area (Å²) >= 11 is 0. The second-order valence-corrected chi connectivity index (χ2v) is 8.40. The molecule has 2 aromatic rings. The molecule has 2 aromatic carbocycles. The van der Waals surface area contributed by atoms with E-state index in [0.717, 1.165) is 24.2 Å². The van der Waals surface area contributed by atoms with Crippen LogP contribution in [0.15, 0.2) is 48.5 Å². The van der Waals surface area contributed by atoms with Crippen LogP contribution in [0.4, 0.5) is 4.39 Å². The SMILES string of the molecule is CC=Cc1cc(C(C)=O)ccc1OCC(=O)N1CC(C)N(Cc2ccc(F)cc2)CC1C. The van der Waals surface area contributed by atoms with Gasteiger partial charge in [0.2, 0.25) is 0 Å². The van der Waals surface area contributed by atoms with E-state index in [1.807, 2.05) is 30.9 Å². The van der Waals surface area contributed by atoms with E-state index in [2.05, 4.69) is 11.8 Å². The standard InChI is InChI=1S/C26H31FN2O3/c1-5-6-23-13-22(20(4)30)9-12-25(23)32-17-26(31)29-15-18(2)28(14-19(29)3)16-21-7-10-24(27)11-8-21/h5-13,18-19H,14-17H2,1-4H3. The van der Waals surface area contributed by atoms with E-state index in [1.54, 1.807) is 30.3 Å². The first-order chi connectivity index (χ1) is 15.3. The quantitative estimate of drug-likeness (QED) is 0.595. The highest BCUT2D eigenvalue weighted by molar-refractivity contribution is 5.95. The Kier molecular flexibility index (Phi) is 7.80. The molecule has 1 aliphatic rings. The normalized spacial score (nSPS) is 19.3. The molecule has 0 N–H and O–H groups in total. The summed E-state index contributed by atoms with van der Waals surface area (Å²) in [5.41, 5.74) is 2.44. The Labute approximate surface area is 189 Å². The van der Waals surface area contributed by atoms with Crippen LogP contribution in [0.5, 0.6) is 5.75 Å². The number of piperazine rings is 1. The van der Waals surface area contributed by atoms with Crippen LogP contribution in [-0.2, 0) is 11.3 Å². The molecule has 1 amide bonds. The number of nitrogens with zero attached hydrogens (tertiary/aromatic N) is 2. The lowest BCUT2D eigenvalue weighted by Gasteiger charge is -2.44. The summed E-state index contributed by atoms with van der Waals surface area (Å²) in [6, 6.07) is 12.0. The number of ether oxygens (including phenoxy) is 1. The van der Waals surface area contributed by atoms with Crippen molar-refractivity contribution < 1.29 is 18.7 Å². The van der Waals surface area contributed by atoms with E-state index < -0.39 is 0 Å². The number of hydrogen-bond donors (Lipinski definition) is 0. The van der Waals surface area contributed by atoms with Crippen molar-refractivity contribution in [1.82, 2.24) is 9.80 Å². The number of allylic oxidation sites excluding steroid dienone is 1. The van der Waals surface area contributed by atoms with Crippen LogP contribution >= 0.6 is 0 Å². The molecule has 0 radical (unpaired) electrons. The Morgan fingerprint density at radius 2 is 1.81 bits per heavy atom. The molecule has 0 spiro atoms. The molecule has 2 atom stereocenters. The number of hydrogen-bond acceptors (Lipinski definition) is 4. The molecular weight excluding hydrogens is 407 g/mol. The van der Waals surface area contributed by atoms with Crippen LogP contribution in [0.25, 0.3) is 6.08 Å². The largest absolute Gasteiger partial charge is 0.483 e. The number of benzene rings is 2. The van der Waals surface area contributed by atoms with Crippen LogP contribution in [0, 0.1) is 5.82 Å². The fourth-order valence-electron chi connectivity index (χ4n) is 4.02. The van der Waals surface area contributed by atoms with Crippen molar-refractivity contribution in [2.45, 2.75) is 46.3 Å². The number of amides is 1. The maximum absolute atomic E-state index is 13.2. The minimum absolute atomic E-state index is 0.0142. The molecule has 0 aromatic heterocycles. The molecule has 0 aliphatic carbocycles. The molecule has 1 aliphatic heterocycles. The van der Waals surface area contributed by atoms with E-state index in [9.17, 15) is 14.0 Å². The maximum atomic E-state index is 13.2. The molecule has 170 valence electrons. The van der Waals surface area contributed by atoms with Crippen LogP contribution in [0.2, 0.25) is 0 Å². The highest BCUT2D eigenvalue weighted by Crippen LogP contribution is 2.23.